The van der Waals surface area contributed by atoms with Crippen LogP contribution in [0.15, 0.2) is 41.3 Å². The summed E-state index contributed by atoms with van der Waals surface area (Å²) in [5, 5.41) is 11.3. The molecule has 0 unspecified atom stereocenters. The molecule has 0 atom stereocenters. The molecule has 1 amide bonds. The first-order valence-electron chi connectivity index (χ1n) is 8.52. The highest BCUT2D eigenvalue weighted by Gasteiger charge is 2.28. The van der Waals surface area contributed by atoms with Gasteiger partial charge in [-0.15, -0.1) is 0 Å². The topological polar surface area (TPSA) is 134 Å². The molecule has 2 rings (SSSR count). The highest BCUT2D eigenvalue weighted by atomic mass is 32.2. The highest BCUT2D eigenvalue weighted by Crippen LogP contribution is 2.30. The molecule has 1 N–H and O–H groups in total. The lowest BCUT2D eigenvalue weighted by molar-refractivity contribution is -0.387. The number of methoxy groups -OCH3 is 1. The van der Waals surface area contributed by atoms with Crippen LogP contribution in [0.3, 0.4) is 0 Å². The molecule has 0 aromatic heterocycles. The van der Waals surface area contributed by atoms with Crippen LogP contribution >= 0.6 is 0 Å². The van der Waals surface area contributed by atoms with Gasteiger partial charge < -0.3 is 14.2 Å². The van der Waals surface area contributed by atoms with Crippen molar-refractivity contribution in [1.29, 1.82) is 0 Å². The maximum atomic E-state index is 12.6. The quantitative estimate of drug-likeness (QED) is 0.479. The first-order chi connectivity index (χ1) is 13.7. The Kier molecular flexibility index (Phi) is 6.99. The van der Waals surface area contributed by atoms with Crippen LogP contribution in [0.25, 0.3) is 0 Å². The molecule has 156 valence electrons. The predicted octanol–water partition coefficient (Wildman–Crippen LogP) is 2.52. The Morgan fingerprint density at radius 2 is 1.72 bits per heavy atom. The van der Waals surface area contributed by atoms with E-state index in [0.717, 1.165) is 12.1 Å². The number of nitro groups is 1. The fraction of sp³-hybridized carbons (Fsp3) is 0.278. The standard InChI is InChI=1S/C18H20N2O8S/c1-4-27-15-8-6-12(10-16(15)28-5-2)18(21)19-29(24,25)17-9-7-13(26-3)11-14(17)20(22)23/h6-11H,4-5H2,1-3H3,(H,19,21). The maximum absolute atomic E-state index is 12.6. The molecule has 0 spiro atoms. The highest BCUT2D eigenvalue weighted by molar-refractivity contribution is 7.90. The van der Waals surface area contributed by atoms with E-state index in [0.29, 0.717) is 19.0 Å². The molecule has 0 aliphatic carbocycles. The van der Waals surface area contributed by atoms with Crippen molar-refractivity contribution >= 4 is 21.6 Å². The molecule has 0 bridgehead atoms. The third-order valence-electron chi connectivity index (χ3n) is 3.68. The predicted molar refractivity (Wildman–Crippen MR) is 103 cm³/mol. The van der Waals surface area contributed by atoms with Crippen molar-refractivity contribution < 1.29 is 32.3 Å². The summed E-state index contributed by atoms with van der Waals surface area (Å²) >= 11 is 0. The Bertz CT molecular complexity index is 1020. The van der Waals surface area contributed by atoms with Crippen LogP contribution in [0.2, 0.25) is 0 Å². The van der Waals surface area contributed by atoms with Gasteiger partial charge >= 0.3 is 0 Å². The van der Waals surface area contributed by atoms with Gasteiger partial charge in [-0.2, -0.15) is 0 Å². The summed E-state index contributed by atoms with van der Waals surface area (Å²) in [7, 11) is -3.23. The summed E-state index contributed by atoms with van der Waals surface area (Å²) in [5.74, 6) is -0.191. The van der Waals surface area contributed by atoms with E-state index in [9.17, 15) is 23.3 Å². The smallest absolute Gasteiger partial charge is 0.293 e. The summed E-state index contributed by atoms with van der Waals surface area (Å²) in [4.78, 5) is 22.2. The number of hydrogen-bond acceptors (Lipinski definition) is 8. The number of nitro benzene ring substituents is 1. The molecule has 0 saturated carbocycles. The summed E-state index contributed by atoms with van der Waals surface area (Å²) in [5.41, 5.74) is -0.733. The van der Waals surface area contributed by atoms with Crippen LogP contribution in [0.4, 0.5) is 5.69 Å². The second kappa shape index (κ2) is 9.24. The van der Waals surface area contributed by atoms with Gasteiger partial charge in [-0.05, 0) is 44.2 Å². The number of carbonyl (C=O) groups is 1. The zero-order valence-electron chi connectivity index (χ0n) is 16.0. The van der Waals surface area contributed by atoms with Gasteiger partial charge in [0.05, 0.1) is 31.3 Å². The number of rotatable bonds is 9. The Hall–Kier alpha value is -3.34. The van der Waals surface area contributed by atoms with Crippen molar-refractivity contribution in [3.05, 3.63) is 52.1 Å². The molecule has 2 aromatic carbocycles. The van der Waals surface area contributed by atoms with E-state index < -0.39 is 31.4 Å². The number of ether oxygens (including phenoxy) is 3. The maximum Gasteiger partial charge on any atom is 0.293 e. The average Bonchev–Trinajstić information content (AvgIpc) is 2.68. The van der Waals surface area contributed by atoms with Gasteiger partial charge in [0.15, 0.2) is 16.4 Å². The number of hydrogen-bond donors (Lipinski definition) is 1. The van der Waals surface area contributed by atoms with Gasteiger partial charge in [0.25, 0.3) is 21.6 Å². The second-order valence-corrected chi connectivity index (χ2v) is 7.20. The number of nitrogens with zero attached hydrogens (tertiary/aromatic N) is 1. The molecule has 2 aromatic rings. The van der Waals surface area contributed by atoms with Gasteiger partial charge in [-0.1, -0.05) is 0 Å². The number of carbonyl (C=O) groups excluding carboxylic acids is 1. The van der Waals surface area contributed by atoms with Crippen LogP contribution in [-0.2, 0) is 10.0 Å². The van der Waals surface area contributed by atoms with E-state index in [1.165, 1.54) is 31.4 Å². The number of sulfonamides is 1. The van der Waals surface area contributed by atoms with Crippen LogP contribution in [0.1, 0.15) is 24.2 Å². The fourth-order valence-corrected chi connectivity index (χ4v) is 3.55. The van der Waals surface area contributed by atoms with E-state index in [1.54, 1.807) is 13.8 Å². The van der Waals surface area contributed by atoms with Gasteiger partial charge in [0, 0.05) is 5.56 Å². The van der Waals surface area contributed by atoms with Gasteiger partial charge in [-0.25, -0.2) is 13.1 Å². The number of amides is 1. The third kappa shape index (κ3) is 5.13. The Labute approximate surface area is 167 Å². The van der Waals surface area contributed by atoms with E-state index >= 15 is 0 Å². The van der Waals surface area contributed by atoms with Crippen molar-refractivity contribution in [1.82, 2.24) is 4.72 Å². The molecule has 0 saturated heterocycles. The largest absolute Gasteiger partial charge is 0.497 e. The summed E-state index contributed by atoms with van der Waals surface area (Å²) in [6.07, 6.45) is 0. The van der Waals surface area contributed by atoms with Crippen LogP contribution in [0.5, 0.6) is 17.2 Å². The average molecular weight is 424 g/mol. The molecule has 29 heavy (non-hydrogen) atoms. The van der Waals surface area contributed by atoms with Crippen LogP contribution < -0.4 is 18.9 Å². The molecular formula is C18H20N2O8S. The van der Waals surface area contributed by atoms with Crippen molar-refractivity contribution in [2.45, 2.75) is 18.7 Å². The SMILES string of the molecule is CCOc1ccc(C(=O)NS(=O)(=O)c2ccc(OC)cc2[N+](=O)[O-])cc1OCC. The minimum Gasteiger partial charge on any atom is -0.497 e. The summed E-state index contributed by atoms with van der Waals surface area (Å²) in [6, 6.07) is 7.38. The molecule has 10 nitrogen and oxygen atoms in total. The van der Waals surface area contributed by atoms with Crippen LogP contribution in [0, 0.1) is 10.1 Å². The summed E-state index contributed by atoms with van der Waals surface area (Å²) < 4.78 is 42.7. The first-order valence-corrected chi connectivity index (χ1v) is 10.0. The number of nitrogens with one attached hydrogen (secondary N) is 1. The van der Waals surface area contributed by atoms with Crippen molar-refractivity contribution in [3.8, 4) is 17.2 Å². The van der Waals surface area contributed by atoms with Gasteiger partial charge in [0.1, 0.15) is 5.75 Å². The second-order valence-electron chi connectivity index (χ2n) is 5.55. The lowest BCUT2D eigenvalue weighted by atomic mass is 10.2. The fourth-order valence-electron chi connectivity index (χ4n) is 2.42. The molecule has 0 radical (unpaired) electrons. The monoisotopic (exact) mass is 424 g/mol. The minimum atomic E-state index is -4.52. The van der Waals surface area contributed by atoms with Crippen LogP contribution in [-0.4, -0.2) is 39.6 Å². The third-order valence-corrected chi connectivity index (χ3v) is 5.06. The lowest BCUT2D eigenvalue weighted by Gasteiger charge is -2.13. The van der Waals surface area contributed by atoms with E-state index in [-0.39, 0.29) is 17.1 Å². The molecule has 0 aliphatic rings. The zero-order valence-corrected chi connectivity index (χ0v) is 16.8. The van der Waals surface area contributed by atoms with E-state index in [4.69, 9.17) is 14.2 Å². The minimum absolute atomic E-state index is 0.0170. The van der Waals surface area contributed by atoms with E-state index in [1.807, 2.05) is 4.72 Å². The normalized spacial score (nSPS) is 10.9. The molecule has 0 fully saturated rings. The number of benzene rings is 2. The zero-order chi connectivity index (χ0) is 21.6. The molecule has 0 heterocycles. The van der Waals surface area contributed by atoms with Crippen molar-refractivity contribution in [3.63, 3.8) is 0 Å². The molecule has 0 aliphatic heterocycles. The van der Waals surface area contributed by atoms with Crippen molar-refractivity contribution in [2.24, 2.45) is 0 Å². The first kappa shape index (κ1) is 22.0. The van der Waals surface area contributed by atoms with Crippen molar-refractivity contribution in [2.75, 3.05) is 20.3 Å². The van der Waals surface area contributed by atoms with Gasteiger partial charge in [-0.3, -0.25) is 14.9 Å². The lowest BCUT2D eigenvalue weighted by Crippen LogP contribution is -2.31. The molecular weight excluding hydrogens is 404 g/mol. The molecule has 11 heteroatoms. The summed E-state index contributed by atoms with van der Waals surface area (Å²) in [6.45, 7) is 4.21. The Balaban J connectivity index is 2.37. The van der Waals surface area contributed by atoms with E-state index in [2.05, 4.69) is 0 Å². The Morgan fingerprint density at radius 1 is 1.07 bits per heavy atom. The Morgan fingerprint density at radius 3 is 2.31 bits per heavy atom. The van der Waals surface area contributed by atoms with Gasteiger partial charge in [0.2, 0.25) is 0 Å².